The fourth-order valence-electron chi connectivity index (χ4n) is 4.20. The Morgan fingerprint density at radius 2 is 1.83 bits per heavy atom. The van der Waals surface area contributed by atoms with Gasteiger partial charge in [-0.3, -0.25) is 4.79 Å². The zero-order valence-corrected chi connectivity index (χ0v) is 20.0. The summed E-state index contributed by atoms with van der Waals surface area (Å²) in [6, 6.07) is 9.12. The van der Waals surface area contributed by atoms with Gasteiger partial charge in [-0.1, -0.05) is 37.6 Å². The first-order chi connectivity index (χ1) is 14.4. The fraction of sp³-hybridized carbons (Fsp3) is 0.583. The predicted octanol–water partition coefficient (Wildman–Crippen LogP) is 4.55. The van der Waals surface area contributed by atoms with E-state index in [9.17, 15) is 4.79 Å². The lowest BCUT2D eigenvalue weighted by Gasteiger charge is -2.29. The summed E-state index contributed by atoms with van der Waals surface area (Å²) in [4.78, 5) is 22.0. The maximum atomic E-state index is 12.7. The Morgan fingerprint density at radius 1 is 1.13 bits per heavy atom. The summed E-state index contributed by atoms with van der Waals surface area (Å²) in [5.41, 5.74) is 5.24. The van der Waals surface area contributed by atoms with E-state index in [1.807, 2.05) is 0 Å². The van der Waals surface area contributed by atoms with E-state index in [2.05, 4.69) is 73.7 Å². The predicted molar refractivity (Wildman–Crippen MR) is 125 cm³/mol. The molecule has 0 amide bonds. The second-order valence-corrected chi connectivity index (χ2v) is 9.90. The Balaban J connectivity index is 2.00. The minimum Gasteiger partial charge on any atom is -0.318 e. The van der Waals surface area contributed by atoms with Crippen molar-refractivity contribution >= 4 is 16.9 Å². The normalized spacial score (nSPS) is 16.3. The number of thioether (sulfide) groups is 1. The van der Waals surface area contributed by atoms with Crippen LogP contribution in [0.1, 0.15) is 61.2 Å². The molecule has 2 aromatic rings. The molecule has 164 valence electrons. The number of unbranched alkanes of at least 4 members (excludes halogenated alkanes) is 1. The van der Waals surface area contributed by atoms with Gasteiger partial charge in [0.2, 0.25) is 0 Å². The lowest BCUT2D eigenvalue weighted by atomic mass is 9.88. The second kappa shape index (κ2) is 10.6. The molecule has 5 nitrogen and oxygen atoms in total. The highest BCUT2D eigenvalue weighted by atomic mass is 32.2. The third-order valence-corrected chi connectivity index (χ3v) is 6.52. The Hall–Kier alpha value is -1.63. The molecule has 3 rings (SSSR count). The van der Waals surface area contributed by atoms with Gasteiger partial charge in [-0.2, -0.15) is 0 Å². The largest absolute Gasteiger partial charge is 0.318 e. The number of aromatic nitrogens is 2. The van der Waals surface area contributed by atoms with Crippen LogP contribution in [0, 0.1) is 0 Å². The summed E-state index contributed by atoms with van der Waals surface area (Å²) < 4.78 is 2.41. The van der Waals surface area contributed by atoms with Crippen molar-refractivity contribution in [2.24, 2.45) is 0 Å². The number of benzene rings is 1. The van der Waals surface area contributed by atoms with E-state index < -0.39 is 0 Å². The van der Waals surface area contributed by atoms with Gasteiger partial charge in [0.05, 0.1) is 11.4 Å². The molecule has 0 fully saturated rings. The summed E-state index contributed by atoms with van der Waals surface area (Å²) in [6.45, 7) is 3.75. The number of fused-ring (bicyclic) bond motifs is 1. The van der Waals surface area contributed by atoms with Crippen molar-refractivity contribution in [2.45, 2.75) is 69.7 Å². The van der Waals surface area contributed by atoms with Crippen LogP contribution in [-0.2, 0) is 30.7 Å². The zero-order valence-electron chi connectivity index (χ0n) is 19.1. The molecule has 1 aliphatic rings. The van der Waals surface area contributed by atoms with Gasteiger partial charge < -0.3 is 14.4 Å². The van der Waals surface area contributed by atoms with E-state index in [-0.39, 0.29) is 5.12 Å². The summed E-state index contributed by atoms with van der Waals surface area (Å²) in [5, 5.41) is 1.11. The minimum absolute atomic E-state index is 0.229. The molecule has 0 bridgehead atoms. The molecule has 30 heavy (non-hydrogen) atoms. The van der Waals surface area contributed by atoms with Crippen molar-refractivity contribution in [3.05, 3.63) is 46.8 Å². The van der Waals surface area contributed by atoms with Gasteiger partial charge in [0.25, 0.3) is 0 Å². The van der Waals surface area contributed by atoms with Crippen LogP contribution in [0.3, 0.4) is 0 Å². The number of nitrogens with zero attached hydrogens (tertiary/aromatic N) is 4. The Bertz CT molecular complexity index is 859. The van der Waals surface area contributed by atoms with Crippen molar-refractivity contribution in [3.63, 3.8) is 0 Å². The molecule has 0 saturated heterocycles. The van der Waals surface area contributed by atoms with Crippen LogP contribution in [0.5, 0.6) is 0 Å². The molecule has 1 heterocycles. The molecular weight excluding hydrogens is 392 g/mol. The van der Waals surface area contributed by atoms with Crippen LogP contribution in [0.4, 0.5) is 0 Å². The van der Waals surface area contributed by atoms with Crippen LogP contribution >= 0.6 is 11.8 Å². The first kappa shape index (κ1) is 23.0. The Labute approximate surface area is 185 Å². The van der Waals surface area contributed by atoms with Gasteiger partial charge in [-0.15, -0.1) is 0 Å². The molecule has 1 atom stereocenters. The van der Waals surface area contributed by atoms with E-state index in [0.29, 0.717) is 12.5 Å². The van der Waals surface area contributed by atoms with Gasteiger partial charge >= 0.3 is 0 Å². The average Bonchev–Trinajstić information content (AvgIpc) is 3.01. The lowest BCUT2D eigenvalue weighted by Crippen LogP contribution is -2.24. The van der Waals surface area contributed by atoms with Crippen LogP contribution in [0.25, 0.3) is 0 Å². The number of aryl methyl sites for hydroxylation is 1. The number of carbonyl (C=O) groups is 1. The SMILES string of the molecule is CCCCC(=O)Sc1nc(CN(C)C)c(CN(C)C)n1C1CCc2ccccc2C1. The minimum atomic E-state index is 0.229. The quantitative estimate of drug-likeness (QED) is 0.548. The lowest BCUT2D eigenvalue weighted by molar-refractivity contribution is -0.111. The molecular formula is C24H36N4OS. The van der Waals surface area contributed by atoms with Gasteiger partial charge in [0.1, 0.15) is 0 Å². The first-order valence-corrected chi connectivity index (χ1v) is 11.9. The van der Waals surface area contributed by atoms with Gasteiger partial charge in [-0.05, 0) is 76.8 Å². The Morgan fingerprint density at radius 3 is 2.50 bits per heavy atom. The number of hydrogen-bond acceptors (Lipinski definition) is 5. The maximum absolute atomic E-state index is 12.7. The van der Waals surface area contributed by atoms with Gasteiger partial charge in [0.15, 0.2) is 10.3 Å². The van der Waals surface area contributed by atoms with E-state index in [1.165, 1.54) is 28.6 Å². The molecule has 0 spiro atoms. The molecule has 0 radical (unpaired) electrons. The van der Waals surface area contributed by atoms with Crippen molar-refractivity contribution in [3.8, 4) is 0 Å². The smallest absolute Gasteiger partial charge is 0.196 e. The molecule has 1 aromatic carbocycles. The van der Waals surface area contributed by atoms with Gasteiger partial charge in [-0.25, -0.2) is 4.98 Å². The molecule has 0 saturated carbocycles. The van der Waals surface area contributed by atoms with Gasteiger partial charge in [0, 0.05) is 25.6 Å². The van der Waals surface area contributed by atoms with Crippen LogP contribution in [0.2, 0.25) is 0 Å². The third kappa shape index (κ3) is 5.74. The van der Waals surface area contributed by atoms with Crippen LogP contribution < -0.4 is 0 Å². The van der Waals surface area contributed by atoms with Crippen molar-refractivity contribution in [1.29, 1.82) is 0 Å². The standard InChI is InChI=1S/C24H36N4OS/c1-6-7-12-23(29)30-24-25-21(16-26(2)3)22(17-27(4)5)28(24)20-14-13-18-10-8-9-11-19(18)15-20/h8-11,20H,6-7,12-17H2,1-5H3. The first-order valence-electron chi connectivity index (χ1n) is 11.1. The van der Waals surface area contributed by atoms with E-state index >= 15 is 0 Å². The zero-order chi connectivity index (χ0) is 21.7. The van der Waals surface area contributed by atoms with E-state index in [0.717, 1.165) is 56.0 Å². The molecule has 6 heteroatoms. The van der Waals surface area contributed by atoms with Crippen LogP contribution in [-0.4, -0.2) is 52.7 Å². The van der Waals surface area contributed by atoms with Crippen molar-refractivity contribution in [1.82, 2.24) is 19.4 Å². The summed E-state index contributed by atoms with van der Waals surface area (Å²) in [7, 11) is 8.36. The number of carbonyl (C=O) groups excluding carboxylic acids is 1. The highest BCUT2D eigenvalue weighted by Crippen LogP contribution is 2.35. The molecule has 0 aliphatic heterocycles. The maximum Gasteiger partial charge on any atom is 0.196 e. The molecule has 0 N–H and O–H groups in total. The molecule has 1 aromatic heterocycles. The van der Waals surface area contributed by atoms with Crippen LogP contribution in [0.15, 0.2) is 29.4 Å². The van der Waals surface area contributed by atoms with Crippen molar-refractivity contribution in [2.75, 3.05) is 28.2 Å². The highest BCUT2D eigenvalue weighted by Gasteiger charge is 2.28. The average molecular weight is 429 g/mol. The van der Waals surface area contributed by atoms with E-state index in [4.69, 9.17) is 4.98 Å². The number of rotatable bonds is 9. The number of imidazole rings is 1. The topological polar surface area (TPSA) is 41.4 Å². The highest BCUT2D eigenvalue weighted by molar-refractivity contribution is 8.13. The van der Waals surface area contributed by atoms with Crippen molar-refractivity contribution < 1.29 is 4.79 Å². The molecule has 1 aliphatic carbocycles. The monoisotopic (exact) mass is 428 g/mol. The summed E-state index contributed by atoms with van der Waals surface area (Å²) in [6.07, 6.45) is 5.78. The summed E-state index contributed by atoms with van der Waals surface area (Å²) >= 11 is 1.35. The number of hydrogen-bond donors (Lipinski definition) is 0. The fourth-order valence-corrected chi connectivity index (χ4v) is 5.17. The Kier molecular flexibility index (Phi) is 8.14. The second-order valence-electron chi connectivity index (χ2n) is 8.88. The molecule has 1 unspecified atom stereocenters. The summed E-state index contributed by atoms with van der Waals surface area (Å²) in [5.74, 6) is 0. The third-order valence-electron chi connectivity index (χ3n) is 5.62. The van der Waals surface area contributed by atoms with E-state index in [1.54, 1.807) is 0 Å².